The summed E-state index contributed by atoms with van der Waals surface area (Å²) in [4.78, 5) is 26.0. The topological polar surface area (TPSA) is 79.6 Å². The zero-order chi connectivity index (χ0) is 19.9. The largest absolute Gasteiger partial charge is 0.416 e. The molecule has 2 aromatic heterocycles. The maximum absolute atomic E-state index is 12.9. The Balaban J connectivity index is 1.51. The Labute approximate surface area is 156 Å². The number of anilines is 2. The number of amides is 2. The van der Waals surface area contributed by atoms with Gasteiger partial charge in [0.25, 0.3) is 0 Å². The predicted octanol–water partition coefficient (Wildman–Crippen LogP) is 2.74. The summed E-state index contributed by atoms with van der Waals surface area (Å²) in [6, 6.07) is 9.74. The molecule has 0 spiro atoms. The Morgan fingerprint density at radius 2 is 1.96 bits per heavy atom. The number of aromatic nitrogens is 3. The lowest BCUT2D eigenvalue weighted by Crippen LogP contribution is -2.28. The van der Waals surface area contributed by atoms with Gasteiger partial charge in [-0.25, -0.2) is 0 Å². The smallest absolute Gasteiger partial charge is 0.312 e. The van der Waals surface area contributed by atoms with Crippen LogP contribution in [0.2, 0.25) is 0 Å². The summed E-state index contributed by atoms with van der Waals surface area (Å²) < 4.78 is 40.3. The molecular weight excluding hydrogens is 375 g/mol. The molecule has 10 heteroatoms. The number of carbonyl (C=O) groups excluding carboxylic acids is 2. The molecule has 1 aliphatic heterocycles. The summed E-state index contributed by atoms with van der Waals surface area (Å²) >= 11 is 0. The van der Waals surface area contributed by atoms with Crippen molar-refractivity contribution in [1.29, 1.82) is 0 Å². The van der Waals surface area contributed by atoms with Crippen LogP contribution in [0.5, 0.6) is 0 Å². The molecule has 2 amide bonds. The van der Waals surface area contributed by atoms with Crippen LogP contribution < -0.4 is 10.2 Å². The number of halogens is 3. The van der Waals surface area contributed by atoms with Crippen LogP contribution in [0.4, 0.5) is 24.8 Å². The highest BCUT2D eigenvalue weighted by Gasteiger charge is 2.37. The molecular formula is C18H14F3N5O2. The molecule has 1 N–H and O–H groups in total. The first kappa shape index (κ1) is 18.0. The standard InChI is InChI=1S/C18H14F3N5O2/c19-18(20,21)12-4-3-5-13(9-12)26-10-11(8-15(26)27)16(28)22-17-24-23-14-6-1-2-7-25(14)17/h1-7,9,11H,8,10H2,(H,22,24,28)/t11-/m0/s1. The number of alkyl halides is 3. The van der Waals surface area contributed by atoms with E-state index in [0.29, 0.717) is 5.65 Å². The predicted molar refractivity (Wildman–Crippen MR) is 93.5 cm³/mol. The number of pyridine rings is 1. The molecule has 0 saturated carbocycles. The maximum Gasteiger partial charge on any atom is 0.416 e. The number of hydrogen-bond acceptors (Lipinski definition) is 4. The second-order valence-electron chi connectivity index (χ2n) is 6.40. The van der Waals surface area contributed by atoms with Crippen LogP contribution in [-0.2, 0) is 15.8 Å². The molecule has 0 bridgehead atoms. The summed E-state index contributed by atoms with van der Waals surface area (Å²) in [5, 5.41) is 10.4. The monoisotopic (exact) mass is 389 g/mol. The molecule has 3 heterocycles. The summed E-state index contributed by atoms with van der Waals surface area (Å²) in [5.74, 6) is -1.35. The van der Waals surface area contributed by atoms with E-state index in [0.717, 1.165) is 12.1 Å². The van der Waals surface area contributed by atoms with E-state index in [9.17, 15) is 22.8 Å². The molecule has 1 saturated heterocycles. The van der Waals surface area contributed by atoms with Crippen LogP contribution in [0.3, 0.4) is 0 Å². The third-order valence-corrected chi connectivity index (χ3v) is 4.53. The first-order chi connectivity index (χ1) is 13.3. The zero-order valence-corrected chi connectivity index (χ0v) is 14.3. The minimum Gasteiger partial charge on any atom is -0.312 e. The molecule has 1 atom stereocenters. The van der Waals surface area contributed by atoms with Crippen LogP contribution in [-0.4, -0.2) is 33.0 Å². The van der Waals surface area contributed by atoms with Crippen molar-refractivity contribution in [2.24, 2.45) is 5.92 Å². The molecule has 1 aromatic carbocycles. The van der Waals surface area contributed by atoms with Gasteiger partial charge in [-0.1, -0.05) is 12.1 Å². The highest BCUT2D eigenvalue weighted by atomic mass is 19.4. The number of nitrogens with zero attached hydrogens (tertiary/aromatic N) is 4. The lowest BCUT2D eigenvalue weighted by molar-refractivity contribution is -0.137. The number of hydrogen-bond donors (Lipinski definition) is 1. The van der Waals surface area contributed by atoms with E-state index in [1.807, 2.05) is 0 Å². The third-order valence-electron chi connectivity index (χ3n) is 4.53. The van der Waals surface area contributed by atoms with Crippen molar-refractivity contribution in [3.63, 3.8) is 0 Å². The highest BCUT2D eigenvalue weighted by Crippen LogP contribution is 2.33. The van der Waals surface area contributed by atoms with Crippen molar-refractivity contribution >= 4 is 29.1 Å². The number of carbonyl (C=O) groups is 2. The highest BCUT2D eigenvalue weighted by molar-refractivity contribution is 6.03. The second kappa shape index (κ2) is 6.63. The van der Waals surface area contributed by atoms with Gasteiger partial charge in [0.2, 0.25) is 17.8 Å². The second-order valence-corrected chi connectivity index (χ2v) is 6.40. The molecule has 0 unspecified atom stereocenters. The average Bonchev–Trinajstić information content (AvgIpc) is 3.25. The van der Waals surface area contributed by atoms with Crippen LogP contribution in [0, 0.1) is 5.92 Å². The average molecular weight is 389 g/mol. The Hall–Kier alpha value is -3.43. The van der Waals surface area contributed by atoms with Gasteiger partial charge < -0.3 is 4.90 Å². The lowest BCUT2D eigenvalue weighted by atomic mass is 10.1. The molecule has 4 rings (SSSR count). The van der Waals surface area contributed by atoms with Gasteiger partial charge in [0, 0.05) is 24.8 Å². The van der Waals surface area contributed by atoms with Gasteiger partial charge in [0.15, 0.2) is 5.65 Å². The number of benzene rings is 1. The van der Waals surface area contributed by atoms with Crippen LogP contribution >= 0.6 is 0 Å². The van der Waals surface area contributed by atoms with Crippen LogP contribution in [0.1, 0.15) is 12.0 Å². The van der Waals surface area contributed by atoms with Gasteiger partial charge in [-0.05, 0) is 30.3 Å². The Morgan fingerprint density at radius 1 is 1.14 bits per heavy atom. The fourth-order valence-corrected chi connectivity index (χ4v) is 3.12. The molecule has 144 valence electrons. The first-order valence-electron chi connectivity index (χ1n) is 8.41. The Bertz CT molecular complexity index is 1060. The number of fused-ring (bicyclic) bond motifs is 1. The number of nitrogens with one attached hydrogen (secondary N) is 1. The number of rotatable bonds is 3. The van der Waals surface area contributed by atoms with Crippen molar-refractivity contribution in [1.82, 2.24) is 14.6 Å². The van der Waals surface area contributed by atoms with Crippen molar-refractivity contribution < 1.29 is 22.8 Å². The molecule has 7 nitrogen and oxygen atoms in total. The molecule has 28 heavy (non-hydrogen) atoms. The van der Waals surface area contributed by atoms with Gasteiger partial charge in [0.1, 0.15) is 0 Å². The van der Waals surface area contributed by atoms with E-state index in [2.05, 4.69) is 15.5 Å². The molecule has 0 aliphatic carbocycles. The van der Waals surface area contributed by atoms with Gasteiger partial charge in [-0.15, -0.1) is 10.2 Å². The third kappa shape index (κ3) is 3.28. The molecule has 1 fully saturated rings. The van der Waals surface area contributed by atoms with E-state index >= 15 is 0 Å². The lowest BCUT2D eigenvalue weighted by Gasteiger charge is -2.18. The SMILES string of the molecule is O=C(Nc1nnc2ccccn12)[C@H]1CC(=O)N(c2cccc(C(F)(F)F)c2)C1. The molecule has 3 aromatic rings. The summed E-state index contributed by atoms with van der Waals surface area (Å²) in [6.45, 7) is -0.0112. The van der Waals surface area contributed by atoms with Gasteiger partial charge in [0.05, 0.1) is 11.5 Å². The summed E-state index contributed by atoms with van der Waals surface area (Å²) in [7, 11) is 0. The van der Waals surface area contributed by atoms with Gasteiger partial charge in [-0.3, -0.25) is 19.3 Å². The minimum absolute atomic E-state index is 0.0112. The first-order valence-corrected chi connectivity index (χ1v) is 8.41. The van der Waals surface area contributed by atoms with E-state index in [4.69, 9.17) is 0 Å². The molecule has 1 aliphatic rings. The Kier molecular flexibility index (Phi) is 4.25. The van der Waals surface area contributed by atoms with Crippen LogP contribution in [0.25, 0.3) is 5.65 Å². The fourth-order valence-electron chi connectivity index (χ4n) is 3.12. The summed E-state index contributed by atoms with van der Waals surface area (Å²) in [5.41, 5.74) is -0.186. The van der Waals surface area contributed by atoms with Gasteiger partial charge >= 0.3 is 6.18 Å². The Morgan fingerprint density at radius 3 is 2.75 bits per heavy atom. The van der Waals surface area contributed by atoms with Crippen molar-refractivity contribution in [2.75, 3.05) is 16.8 Å². The van der Waals surface area contributed by atoms with E-state index in [1.165, 1.54) is 17.0 Å². The van der Waals surface area contributed by atoms with E-state index in [-0.39, 0.29) is 24.6 Å². The van der Waals surface area contributed by atoms with Crippen molar-refractivity contribution in [2.45, 2.75) is 12.6 Å². The zero-order valence-electron chi connectivity index (χ0n) is 14.3. The van der Waals surface area contributed by atoms with Crippen molar-refractivity contribution in [3.8, 4) is 0 Å². The normalized spacial score (nSPS) is 17.3. The quantitative estimate of drug-likeness (QED) is 0.747. The minimum atomic E-state index is -4.51. The fraction of sp³-hybridized carbons (Fsp3) is 0.222. The van der Waals surface area contributed by atoms with Crippen LogP contribution in [0.15, 0.2) is 48.7 Å². The van der Waals surface area contributed by atoms with Crippen molar-refractivity contribution in [3.05, 3.63) is 54.2 Å². The van der Waals surface area contributed by atoms with Gasteiger partial charge in [-0.2, -0.15) is 13.2 Å². The molecule has 0 radical (unpaired) electrons. The van der Waals surface area contributed by atoms with E-state index < -0.39 is 29.5 Å². The summed E-state index contributed by atoms with van der Waals surface area (Å²) in [6.07, 6.45) is -2.93. The van der Waals surface area contributed by atoms with E-state index in [1.54, 1.807) is 28.8 Å². The maximum atomic E-state index is 12.9.